The van der Waals surface area contributed by atoms with Crippen molar-refractivity contribution in [2.24, 2.45) is 0 Å². The van der Waals surface area contributed by atoms with Crippen molar-refractivity contribution in [2.75, 3.05) is 7.11 Å². The van der Waals surface area contributed by atoms with Gasteiger partial charge in [0.05, 0.1) is 13.5 Å². The molecule has 2 aromatic heterocycles. The predicted octanol–water partition coefficient (Wildman–Crippen LogP) is 3.59. The first-order valence-electron chi connectivity index (χ1n) is 7.41. The highest BCUT2D eigenvalue weighted by atomic mass is 35.5. The van der Waals surface area contributed by atoms with Crippen LogP contribution in [0.15, 0.2) is 41.1 Å². The Morgan fingerprint density at radius 2 is 2.08 bits per heavy atom. The third-order valence-corrected chi connectivity index (χ3v) is 3.87. The van der Waals surface area contributed by atoms with Gasteiger partial charge in [0.25, 0.3) is 0 Å². The van der Waals surface area contributed by atoms with E-state index in [9.17, 15) is 4.79 Å². The number of hydrogen-bond donors (Lipinski definition) is 0. The molecule has 0 aliphatic rings. The Labute approximate surface area is 144 Å². The summed E-state index contributed by atoms with van der Waals surface area (Å²) in [6.07, 6.45) is 4.06. The number of esters is 1. The molecule has 0 fully saturated rings. The molecule has 0 spiro atoms. The molecule has 0 N–H and O–H groups in total. The van der Waals surface area contributed by atoms with E-state index in [1.807, 2.05) is 19.1 Å². The predicted molar refractivity (Wildman–Crippen MR) is 89.1 cm³/mol. The maximum absolute atomic E-state index is 11.5. The third-order valence-electron chi connectivity index (χ3n) is 3.62. The number of carbonyl (C=O) groups is 1. The Morgan fingerprint density at radius 1 is 1.33 bits per heavy atom. The number of halogens is 1. The molecule has 2 heterocycles. The molecule has 0 atom stereocenters. The Balaban J connectivity index is 2.01. The van der Waals surface area contributed by atoms with Gasteiger partial charge >= 0.3 is 12.0 Å². The van der Waals surface area contributed by atoms with Gasteiger partial charge in [-0.3, -0.25) is 9.36 Å². The molecule has 0 saturated heterocycles. The van der Waals surface area contributed by atoms with Gasteiger partial charge in [-0.15, -0.1) is 0 Å². The lowest BCUT2D eigenvalue weighted by atomic mass is 10.1. The number of oxazole rings is 1. The van der Waals surface area contributed by atoms with Crippen LogP contribution in [0, 0.1) is 6.92 Å². The topological polar surface area (TPSA) is 70.2 Å². The van der Waals surface area contributed by atoms with Crippen molar-refractivity contribution in [3.8, 4) is 17.3 Å². The van der Waals surface area contributed by atoms with Gasteiger partial charge in [-0.2, -0.15) is 4.98 Å². The molecule has 1 aromatic carbocycles. The molecule has 0 saturated carbocycles. The smallest absolute Gasteiger partial charge is 0.307 e. The summed E-state index contributed by atoms with van der Waals surface area (Å²) in [6.45, 7) is 1.86. The van der Waals surface area contributed by atoms with Crippen LogP contribution in [-0.4, -0.2) is 27.6 Å². The molecule has 0 aliphatic carbocycles. The standard InChI is InChI=1S/C17H16ClN3O3/c1-11-19-9-10-21(11)17-20-16(12-3-5-13(18)6-4-12)14(24-17)7-8-15(22)23-2/h3-6,9-10H,7-8H2,1-2H3. The lowest BCUT2D eigenvalue weighted by Gasteiger charge is -2.01. The van der Waals surface area contributed by atoms with E-state index >= 15 is 0 Å². The molecule has 0 amide bonds. The number of carbonyl (C=O) groups excluding carboxylic acids is 1. The van der Waals surface area contributed by atoms with Crippen LogP contribution in [0.3, 0.4) is 0 Å². The number of hydrogen-bond acceptors (Lipinski definition) is 5. The van der Waals surface area contributed by atoms with Gasteiger partial charge in [0.2, 0.25) is 0 Å². The summed E-state index contributed by atoms with van der Waals surface area (Å²) in [5, 5.41) is 0.643. The fourth-order valence-electron chi connectivity index (χ4n) is 2.34. The van der Waals surface area contributed by atoms with E-state index in [0.29, 0.717) is 28.9 Å². The molecule has 0 radical (unpaired) electrons. The van der Waals surface area contributed by atoms with Crippen molar-refractivity contribution in [1.82, 2.24) is 14.5 Å². The van der Waals surface area contributed by atoms with E-state index in [1.165, 1.54) is 7.11 Å². The summed E-state index contributed by atoms with van der Waals surface area (Å²) in [7, 11) is 1.36. The minimum Gasteiger partial charge on any atom is -0.469 e. The third kappa shape index (κ3) is 3.33. The summed E-state index contributed by atoms with van der Waals surface area (Å²) in [6, 6.07) is 7.73. The van der Waals surface area contributed by atoms with Gasteiger partial charge < -0.3 is 9.15 Å². The minimum atomic E-state index is -0.297. The first-order chi connectivity index (χ1) is 11.6. The largest absolute Gasteiger partial charge is 0.469 e. The van der Waals surface area contributed by atoms with Crippen LogP contribution in [0.4, 0.5) is 0 Å². The molecular weight excluding hydrogens is 330 g/mol. The van der Waals surface area contributed by atoms with Crippen LogP contribution in [0.5, 0.6) is 0 Å². The van der Waals surface area contributed by atoms with Crippen molar-refractivity contribution >= 4 is 17.6 Å². The number of aryl methyl sites for hydroxylation is 2. The zero-order valence-electron chi connectivity index (χ0n) is 13.3. The number of nitrogens with zero attached hydrogens (tertiary/aromatic N) is 3. The SMILES string of the molecule is COC(=O)CCc1oc(-n2ccnc2C)nc1-c1ccc(Cl)cc1. The molecule has 0 aliphatic heterocycles. The van der Waals surface area contributed by atoms with Crippen molar-refractivity contribution in [1.29, 1.82) is 0 Å². The lowest BCUT2D eigenvalue weighted by molar-refractivity contribution is -0.140. The molecule has 24 heavy (non-hydrogen) atoms. The van der Waals surface area contributed by atoms with Gasteiger partial charge in [0.15, 0.2) is 0 Å². The number of aromatic nitrogens is 3. The van der Waals surface area contributed by atoms with Crippen LogP contribution >= 0.6 is 11.6 Å². The minimum absolute atomic E-state index is 0.217. The van der Waals surface area contributed by atoms with E-state index in [1.54, 1.807) is 29.1 Å². The van der Waals surface area contributed by atoms with Crippen LogP contribution in [-0.2, 0) is 16.0 Å². The van der Waals surface area contributed by atoms with Crippen molar-refractivity contribution in [2.45, 2.75) is 19.8 Å². The highest BCUT2D eigenvalue weighted by molar-refractivity contribution is 6.30. The molecule has 7 heteroatoms. The monoisotopic (exact) mass is 345 g/mol. The average Bonchev–Trinajstić information content (AvgIpc) is 3.19. The van der Waals surface area contributed by atoms with Crippen LogP contribution in [0.1, 0.15) is 18.0 Å². The fourth-order valence-corrected chi connectivity index (χ4v) is 2.47. The van der Waals surface area contributed by atoms with Crippen LogP contribution in [0.25, 0.3) is 17.3 Å². The quantitative estimate of drug-likeness (QED) is 0.661. The molecular formula is C17H16ClN3O3. The second-order valence-corrected chi connectivity index (χ2v) is 5.63. The second-order valence-electron chi connectivity index (χ2n) is 5.20. The first kappa shape index (κ1) is 16.3. The van der Waals surface area contributed by atoms with Gasteiger partial charge in [0.1, 0.15) is 17.3 Å². The average molecular weight is 346 g/mol. The van der Waals surface area contributed by atoms with Crippen molar-refractivity contribution < 1.29 is 13.9 Å². The zero-order chi connectivity index (χ0) is 17.1. The van der Waals surface area contributed by atoms with Gasteiger partial charge in [-0.05, 0) is 19.1 Å². The Bertz CT molecular complexity index is 852. The first-order valence-corrected chi connectivity index (χ1v) is 7.79. The molecule has 3 aromatic rings. The fraction of sp³-hybridized carbons (Fsp3) is 0.235. The number of imidazole rings is 1. The van der Waals surface area contributed by atoms with E-state index in [2.05, 4.69) is 9.97 Å². The molecule has 124 valence electrons. The summed E-state index contributed by atoms with van der Waals surface area (Å²) >= 11 is 5.95. The second kappa shape index (κ2) is 6.88. The normalized spacial score (nSPS) is 10.8. The van der Waals surface area contributed by atoms with E-state index in [-0.39, 0.29) is 12.4 Å². The summed E-state index contributed by atoms with van der Waals surface area (Å²) in [4.78, 5) is 20.2. The van der Waals surface area contributed by atoms with E-state index in [4.69, 9.17) is 20.8 Å². The van der Waals surface area contributed by atoms with Gasteiger partial charge in [-0.25, -0.2) is 4.98 Å². The maximum atomic E-state index is 11.5. The molecule has 0 bridgehead atoms. The van der Waals surface area contributed by atoms with Gasteiger partial charge in [0, 0.05) is 29.4 Å². The van der Waals surface area contributed by atoms with E-state index < -0.39 is 0 Å². The van der Waals surface area contributed by atoms with Crippen LogP contribution < -0.4 is 0 Å². The Hall–Kier alpha value is -2.60. The lowest BCUT2D eigenvalue weighted by Crippen LogP contribution is -2.02. The maximum Gasteiger partial charge on any atom is 0.307 e. The summed E-state index contributed by atoms with van der Waals surface area (Å²) in [5.41, 5.74) is 1.55. The number of ether oxygens (including phenoxy) is 1. The van der Waals surface area contributed by atoms with Crippen LogP contribution in [0.2, 0.25) is 5.02 Å². The summed E-state index contributed by atoms with van der Waals surface area (Å²) < 4.78 is 12.3. The number of rotatable bonds is 5. The summed E-state index contributed by atoms with van der Waals surface area (Å²) in [5.74, 6) is 1.08. The Morgan fingerprint density at radius 3 is 2.71 bits per heavy atom. The Kier molecular flexibility index (Phi) is 4.66. The molecule has 3 rings (SSSR count). The highest BCUT2D eigenvalue weighted by Crippen LogP contribution is 2.28. The van der Waals surface area contributed by atoms with Crippen molar-refractivity contribution in [3.05, 3.63) is 53.3 Å². The molecule has 0 unspecified atom stereocenters. The van der Waals surface area contributed by atoms with E-state index in [0.717, 1.165) is 11.4 Å². The number of methoxy groups -OCH3 is 1. The zero-order valence-corrected chi connectivity index (χ0v) is 14.1. The number of benzene rings is 1. The highest BCUT2D eigenvalue weighted by Gasteiger charge is 2.18. The van der Waals surface area contributed by atoms with Gasteiger partial charge in [-0.1, -0.05) is 23.7 Å². The molecule has 6 nitrogen and oxygen atoms in total. The van der Waals surface area contributed by atoms with Crippen molar-refractivity contribution in [3.63, 3.8) is 0 Å².